The second kappa shape index (κ2) is 10.3. The van der Waals surface area contributed by atoms with Gasteiger partial charge in [-0.3, -0.25) is 4.90 Å². The van der Waals surface area contributed by atoms with Crippen molar-refractivity contribution in [2.75, 3.05) is 25.4 Å². The lowest BCUT2D eigenvalue weighted by Crippen LogP contribution is -2.35. The fourth-order valence-electron chi connectivity index (χ4n) is 5.21. The predicted octanol–water partition coefficient (Wildman–Crippen LogP) is 4.76. The number of hydrogen-bond acceptors (Lipinski definition) is 6. The summed E-state index contributed by atoms with van der Waals surface area (Å²) in [5.41, 5.74) is 11.2. The normalized spacial score (nSPS) is 18.8. The molecule has 186 valence electrons. The van der Waals surface area contributed by atoms with Crippen LogP contribution in [0.2, 0.25) is 0 Å². The third kappa shape index (κ3) is 5.08. The largest absolute Gasteiger partial charge is 0.473 e. The van der Waals surface area contributed by atoms with Crippen LogP contribution in [0, 0.1) is 0 Å². The number of benzene rings is 2. The lowest BCUT2D eigenvalue weighted by atomic mass is 9.93. The minimum Gasteiger partial charge on any atom is -0.473 e. The zero-order chi connectivity index (χ0) is 24.3. The summed E-state index contributed by atoms with van der Waals surface area (Å²) in [6.07, 6.45) is 3.55. The van der Waals surface area contributed by atoms with Gasteiger partial charge in [0.1, 0.15) is 12.4 Å². The number of rotatable bonds is 8. The van der Waals surface area contributed by atoms with E-state index < -0.39 is 0 Å². The third-order valence-corrected chi connectivity index (χ3v) is 7.38. The quantitative estimate of drug-likeness (QED) is 0.364. The number of anilines is 1. The van der Waals surface area contributed by atoms with Crippen LogP contribution in [0.3, 0.4) is 0 Å². The maximum absolute atomic E-state index is 6.04. The average molecular weight is 484 g/mol. The van der Waals surface area contributed by atoms with Gasteiger partial charge in [0.2, 0.25) is 5.88 Å². The molecule has 7 heteroatoms. The molecule has 2 N–H and O–H groups in total. The molecule has 6 rings (SSSR count). The van der Waals surface area contributed by atoms with E-state index in [1.54, 1.807) is 0 Å². The van der Waals surface area contributed by atoms with Gasteiger partial charge in [-0.25, -0.2) is 9.97 Å². The van der Waals surface area contributed by atoms with Crippen molar-refractivity contribution in [2.45, 2.75) is 51.0 Å². The molecular weight excluding hydrogens is 450 g/mol. The predicted molar refractivity (Wildman–Crippen MR) is 141 cm³/mol. The highest BCUT2D eigenvalue weighted by molar-refractivity contribution is 5.79. The van der Waals surface area contributed by atoms with Crippen molar-refractivity contribution in [2.24, 2.45) is 0 Å². The Kier molecular flexibility index (Phi) is 6.57. The Morgan fingerprint density at radius 1 is 0.944 bits per heavy atom. The summed E-state index contributed by atoms with van der Waals surface area (Å²) in [6.45, 7) is 5.13. The second-order valence-electron chi connectivity index (χ2n) is 9.89. The highest BCUT2D eigenvalue weighted by Crippen LogP contribution is 2.30. The maximum Gasteiger partial charge on any atom is 0.213 e. The van der Waals surface area contributed by atoms with Crippen LogP contribution in [0.1, 0.15) is 42.3 Å². The minimum atomic E-state index is 0.284. The van der Waals surface area contributed by atoms with Gasteiger partial charge in [-0.05, 0) is 62.2 Å². The number of imidazole rings is 1. The molecule has 0 amide bonds. The molecule has 7 nitrogen and oxygen atoms in total. The van der Waals surface area contributed by atoms with Gasteiger partial charge in [-0.1, -0.05) is 36.4 Å². The molecule has 1 unspecified atom stereocenters. The van der Waals surface area contributed by atoms with E-state index in [2.05, 4.69) is 39.8 Å². The molecule has 2 saturated heterocycles. The van der Waals surface area contributed by atoms with Gasteiger partial charge < -0.3 is 19.8 Å². The molecule has 4 heterocycles. The van der Waals surface area contributed by atoms with Gasteiger partial charge in [0, 0.05) is 30.0 Å². The van der Waals surface area contributed by atoms with Crippen molar-refractivity contribution < 1.29 is 9.47 Å². The minimum absolute atomic E-state index is 0.284. The summed E-state index contributed by atoms with van der Waals surface area (Å²) in [5, 5.41) is 0. The topological polar surface area (TPSA) is 78.4 Å². The summed E-state index contributed by atoms with van der Waals surface area (Å²) in [4.78, 5) is 12.3. The molecule has 2 aromatic carbocycles. The Labute approximate surface area is 211 Å². The number of likely N-dealkylation sites (tertiary alicyclic amines) is 1. The highest BCUT2D eigenvalue weighted by Gasteiger charge is 2.26. The van der Waals surface area contributed by atoms with Crippen molar-refractivity contribution in [3.05, 3.63) is 83.8 Å². The Morgan fingerprint density at radius 2 is 1.78 bits per heavy atom. The number of nitrogen functional groups attached to an aromatic ring is 1. The molecule has 0 bridgehead atoms. The second-order valence-corrected chi connectivity index (χ2v) is 9.89. The van der Waals surface area contributed by atoms with Crippen molar-refractivity contribution in [3.63, 3.8) is 0 Å². The smallest absolute Gasteiger partial charge is 0.213 e. The van der Waals surface area contributed by atoms with Crippen molar-refractivity contribution in [3.8, 4) is 5.88 Å². The zero-order valence-corrected chi connectivity index (χ0v) is 20.6. The Bertz CT molecular complexity index is 1310. The van der Waals surface area contributed by atoms with E-state index in [9.17, 15) is 0 Å². The number of fused-ring (bicyclic) bond motifs is 1. The molecule has 2 aromatic heterocycles. The maximum atomic E-state index is 6.04. The highest BCUT2D eigenvalue weighted by atomic mass is 16.5. The number of aromatic nitrogens is 3. The monoisotopic (exact) mass is 483 g/mol. The van der Waals surface area contributed by atoms with E-state index in [0.29, 0.717) is 18.4 Å². The first kappa shape index (κ1) is 23.0. The van der Waals surface area contributed by atoms with Crippen LogP contribution in [0.15, 0.2) is 66.7 Å². The summed E-state index contributed by atoms with van der Waals surface area (Å²) in [6, 6.07) is 22.4. The van der Waals surface area contributed by atoms with Crippen LogP contribution in [0.25, 0.3) is 11.0 Å². The van der Waals surface area contributed by atoms with Crippen LogP contribution < -0.4 is 10.5 Å². The van der Waals surface area contributed by atoms with Gasteiger partial charge in [0.25, 0.3) is 0 Å². The number of hydrogen-bond donors (Lipinski definition) is 1. The van der Waals surface area contributed by atoms with Gasteiger partial charge in [-0.15, -0.1) is 0 Å². The Hall–Kier alpha value is -3.42. The van der Waals surface area contributed by atoms with E-state index >= 15 is 0 Å². The van der Waals surface area contributed by atoms with Crippen LogP contribution in [-0.2, 0) is 24.4 Å². The summed E-state index contributed by atoms with van der Waals surface area (Å²) < 4.78 is 14.0. The summed E-state index contributed by atoms with van der Waals surface area (Å²) in [7, 11) is 0. The first-order valence-electron chi connectivity index (χ1n) is 12.9. The first-order valence-corrected chi connectivity index (χ1v) is 12.9. The van der Waals surface area contributed by atoms with Crippen molar-refractivity contribution in [1.82, 2.24) is 19.4 Å². The first-order chi connectivity index (χ1) is 17.7. The van der Waals surface area contributed by atoms with Crippen LogP contribution in [0.5, 0.6) is 5.88 Å². The SMILES string of the molecule is Nc1ccc2c(c1)nc(CN1CCC(c3cccc(OCc4ccccc4)n3)CC1)n2CC1CCO1. The molecule has 0 aliphatic carbocycles. The number of nitrogens with zero attached hydrogens (tertiary/aromatic N) is 4. The number of nitrogens with two attached hydrogens (primary N) is 1. The Balaban J connectivity index is 1.10. The molecule has 36 heavy (non-hydrogen) atoms. The Morgan fingerprint density at radius 3 is 2.56 bits per heavy atom. The lowest BCUT2D eigenvalue weighted by Gasteiger charge is -2.32. The zero-order valence-electron chi connectivity index (χ0n) is 20.6. The van der Waals surface area contributed by atoms with Crippen molar-refractivity contribution in [1.29, 1.82) is 0 Å². The summed E-state index contributed by atoms with van der Waals surface area (Å²) >= 11 is 0. The van der Waals surface area contributed by atoms with Gasteiger partial charge >= 0.3 is 0 Å². The molecule has 2 aliphatic heterocycles. The third-order valence-electron chi connectivity index (χ3n) is 7.38. The van der Waals surface area contributed by atoms with Gasteiger partial charge in [0.15, 0.2) is 0 Å². The summed E-state index contributed by atoms with van der Waals surface area (Å²) in [5.74, 6) is 2.24. The van der Waals surface area contributed by atoms with Crippen LogP contribution in [0.4, 0.5) is 5.69 Å². The van der Waals surface area contributed by atoms with Gasteiger partial charge in [0.05, 0.1) is 30.2 Å². The number of pyridine rings is 1. The lowest BCUT2D eigenvalue weighted by molar-refractivity contribution is -0.0592. The van der Waals surface area contributed by atoms with E-state index in [0.717, 1.165) is 85.9 Å². The fraction of sp³-hybridized carbons (Fsp3) is 0.379. The van der Waals surface area contributed by atoms with Gasteiger partial charge in [-0.2, -0.15) is 0 Å². The number of piperidine rings is 1. The van der Waals surface area contributed by atoms with E-state index in [-0.39, 0.29) is 6.10 Å². The molecule has 2 aliphatic rings. The average Bonchev–Trinajstić information content (AvgIpc) is 3.21. The molecule has 0 spiro atoms. The van der Waals surface area contributed by atoms with E-state index in [4.69, 9.17) is 25.2 Å². The molecule has 0 radical (unpaired) electrons. The van der Waals surface area contributed by atoms with Crippen LogP contribution in [-0.4, -0.2) is 45.2 Å². The standard InChI is InChI=1S/C29H33N5O2/c30-23-9-10-27-26(17-23)31-28(34(27)18-24-13-16-35-24)19-33-14-11-22(12-15-33)25-7-4-8-29(32-25)36-20-21-5-2-1-3-6-21/h1-10,17,22,24H,11-16,18-20,30H2. The molecule has 2 fully saturated rings. The fourth-order valence-corrected chi connectivity index (χ4v) is 5.21. The van der Waals surface area contributed by atoms with E-state index in [1.807, 2.05) is 36.4 Å². The molecule has 0 saturated carbocycles. The molecular formula is C29H33N5O2. The number of ether oxygens (including phenoxy) is 2. The van der Waals surface area contributed by atoms with E-state index in [1.165, 1.54) is 0 Å². The van der Waals surface area contributed by atoms with Crippen molar-refractivity contribution >= 4 is 16.7 Å². The van der Waals surface area contributed by atoms with Crippen LogP contribution >= 0.6 is 0 Å². The molecule has 4 aromatic rings. The molecule has 1 atom stereocenters.